The van der Waals surface area contributed by atoms with Gasteiger partial charge in [0.2, 0.25) is 11.6 Å². The second-order valence-electron chi connectivity index (χ2n) is 9.75. The SMILES string of the molecule is [C-]#[N+]c1c(F)ccc2c1CCC2CN1CCN(C(=O)C2CCc3cc(-n4cncn4)ccc32)CC1. The van der Waals surface area contributed by atoms with Gasteiger partial charge >= 0.3 is 0 Å². The maximum Gasteiger partial charge on any atom is 0.230 e. The van der Waals surface area contributed by atoms with Crippen LogP contribution in [0.25, 0.3) is 10.5 Å². The minimum absolute atomic E-state index is 0.0648. The van der Waals surface area contributed by atoms with Gasteiger partial charge in [-0.05, 0) is 66.5 Å². The van der Waals surface area contributed by atoms with Crippen LogP contribution in [0.15, 0.2) is 43.0 Å². The average Bonchev–Trinajstić information content (AvgIpc) is 3.64. The van der Waals surface area contributed by atoms with E-state index in [4.69, 9.17) is 6.57 Å². The molecule has 8 heteroatoms. The van der Waals surface area contributed by atoms with E-state index in [0.717, 1.165) is 80.8 Å². The Morgan fingerprint density at radius 3 is 2.69 bits per heavy atom. The van der Waals surface area contributed by atoms with Crippen LogP contribution in [-0.2, 0) is 17.6 Å². The Hall–Kier alpha value is -3.57. The Morgan fingerprint density at radius 1 is 1.09 bits per heavy atom. The van der Waals surface area contributed by atoms with Crippen LogP contribution in [0.3, 0.4) is 0 Å². The largest absolute Gasteiger partial charge is 0.340 e. The van der Waals surface area contributed by atoms with Crippen LogP contribution in [-0.4, -0.2) is 63.2 Å². The number of hydrogen-bond donors (Lipinski definition) is 0. The minimum Gasteiger partial charge on any atom is -0.340 e. The summed E-state index contributed by atoms with van der Waals surface area (Å²) in [6, 6.07) is 9.52. The summed E-state index contributed by atoms with van der Waals surface area (Å²) >= 11 is 0. The molecule has 0 radical (unpaired) electrons. The highest BCUT2D eigenvalue weighted by atomic mass is 19.1. The van der Waals surface area contributed by atoms with Gasteiger partial charge in [0.05, 0.1) is 18.2 Å². The average molecular weight is 471 g/mol. The highest BCUT2D eigenvalue weighted by Crippen LogP contribution is 2.40. The van der Waals surface area contributed by atoms with E-state index in [9.17, 15) is 9.18 Å². The van der Waals surface area contributed by atoms with Crippen LogP contribution in [0.1, 0.15) is 46.9 Å². The number of nitrogens with zero attached hydrogens (tertiary/aromatic N) is 6. The molecule has 0 N–H and O–H groups in total. The summed E-state index contributed by atoms with van der Waals surface area (Å²) in [4.78, 5) is 25.3. The summed E-state index contributed by atoms with van der Waals surface area (Å²) in [5, 5.41) is 4.20. The Bertz CT molecular complexity index is 1310. The first-order valence-electron chi connectivity index (χ1n) is 12.3. The number of rotatable bonds is 4. The Labute approximate surface area is 204 Å². The summed E-state index contributed by atoms with van der Waals surface area (Å²) in [7, 11) is 0. The van der Waals surface area contributed by atoms with Gasteiger partial charge in [-0.15, -0.1) is 0 Å². The summed E-state index contributed by atoms with van der Waals surface area (Å²) in [6.45, 7) is 11.4. The zero-order valence-corrected chi connectivity index (χ0v) is 19.5. The topological polar surface area (TPSA) is 58.6 Å². The number of fused-ring (bicyclic) bond motifs is 2. The number of benzene rings is 2. The Kier molecular flexibility index (Phi) is 5.57. The van der Waals surface area contributed by atoms with Gasteiger partial charge in [-0.2, -0.15) is 5.10 Å². The van der Waals surface area contributed by atoms with E-state index in [2.05, 4.69) is 32.0 Å². The van der Waals surface area contributed by atoms with Crippen LogP contribution < -0.4 is 0 Å². The number of aromatic nitrogens is 3. The van der Waals surface area contributed by atoms with Crippen LogP contribution in [0.2, 0.25) is 0 Å². The van der Waals surface area contributed by atoms with Gasteiger partial charge in [0.25, 0.3) is 0 Å². The molecule has 35 heavy (non-hydrogen) atoms. The third kappa shape index (κ3) is 3.90. The predicted octanol–water partition coefficient (Wildman–Crippen LogP) is 3.86. The Morgan fingerprint density at radius 2 is 1.91 bits per heavy atom. The molecule has 3 aromatic rings. The maximum atomic E-state index is 14.0. The van der Waals surface area contributed by atoms with E-state index in [1.54, 1.807) is 11.0 Å². The van der Waals surface area contributed by atoms with Crippen LogP contribution in [0.4, 0.5) is 10.1 Å². The fourth-order valence-electron chi connectivity index (χ4n) is 6.08. The maximum absolute atomic E-state index is 14.0. The van der Waals surface area contributed by atoms with Crippen molar-refractivity contribution in [1.29, 1.82) is 0 Å². The molecular weight excluding hydrogens is 443 g/mol. The van der Waals surface area contributed by atoms with E-state index in [1.165, 1.54) is 18.0 Å². The molecule has 1 amide bonds. The van der Waals surface area contributed by atoms with Crippen molar-refractivity contribution in [1.82, 2.24) is 24.6 Å². The molecule has 2 heterocycles. The lowest BCUT2D eigenvalue weighted by Gasteiger charge is -2.37. The number of carbonyl (C=O) groups excluding carboxylic acids is 1. The van der Waals surface area contributed by atoms with Crippen LogP contribution in [0.5, 0.6) is 0 Å². The van der Waals surface area contributed by atoms with Crippen molar-refractivity contribution in [3.63, 3.8) is 0 Å². The fourth-order valence-corrected chi connectivity index (χ4v) is 6.08. The number of carbonyl (C=O) groups is 1. The van der Waals surface area contributed by atoms with Gasteiger partial charge in [-0.25, -0.2) is 18.9 Å². The lowest BCUT2D eigenvalue weighted by Crippen LogP contribution is -2.50. The van der Waals surface area contributed by atoms with Crippen molar-refractivity contribution in [2.75, 3.05) is 32.7 Å². The molecule has 2 atom stereocenters. The van der Waals surface area contributed by atoms with E-state index in [0.29, 0.717) is 5.92 Å². The van der Waals surface area contributed by atoms with Gasteiger partial charge in [0, 0.05) is 32.7 Å². The lowest BCUT2D eigenvalue weighted by molar-refractivity contribution is -0.134. The highest BCUT2D eigenvalue weighted by molar-refractivity contribution is 5.85. The van der Waals surface area contributed by atoms with E-state index in [1.807, 2.05) is 17.0 Å². The first-order valence-corrected chi connectivity index (χ1v) is 12.3. The first-order chi connectivity index (χ1) is 17.1. The number of aryl methyl sites for hydroxylation is 1. The summed E-state index contributed by atoms with van der Waals surface area (Å²) in [6.07, 6.45) is 6.69. The molecule has 0 spiro atoms. The molecule has 1 saturated heterocycles. The predicted molar refractivity (Wildman–Crippen MR) is 129 cm³/mol. The van der Waals surface area contributed by atoms with Gasteiger partial charge < -0.3 is 4.90 Å². The summed E-state index contributed by atoms with van der Waals surface area (Å²) in [5.74, 6) is 0.0918. The molecule has 178 valence electrons. The van der Waals surface area contributed by atoms with Crippen molar-refractivity contribution in [2.24, 2.45) is 0 Å². The van der Waals surface area contributed by atoms with Crippen LogP contribution >= 0.6 is 0 Å². The normalized spacial score (nSPS) is 21.5. The van der Waals surface area contributed by atoms with Crippen molar-refractivity contribution >= 4 is 11.6 Å². The summed E-state index contributed by atoms with van der Waals surface area (Å²) in [5.41, 5.74) is 5.57. The zero-order chi connectivity index (χ0) is 23.9. The molecule has 2 unspecified atom stereocenters. The molecular formula is C27H27FN6O. The highest BCUT2D eigenvalue weighted by Gasteiger charge is 2.34. The minimum atomic E-state index is -0.408. The molecule has 1 aromatic heterocycles. The van der Waals surface area contributed by atoms with Gasteiger partial charge in [-0.3, -0.25) is 9.69 Å². The number of piperazine rings is 1. The zero-order valence-electron chi connectivity index (χ0n) is 19.5. The van der Waals surface area contributed by atoms with Gasteiger partial charge in [0.15, 0.2) is 0 Å². The molecule has 7 nitrogen and oxygen atoms in total. The van der Waals surface area contributed by atoms with E-state index >= 15 is 0 Å². The molecule has 6 rings (SSSR count). The molecule has 3 aliphatic rings. The second-order valence-corrected chi connectivity index (χ2v) is 9.75. The second kappa shape index (κ2) is 8.90. The first kappa shape index (κ1) is 21.9. The third-order valence-corrected chi connectivity index (χ3v) is 7.91. The molecule has 1 fully saturated rings. The monoisotopic (exact) mass is 470 g/mol. The van der Waals surface area contributed by atoms with E-state index < -0.39 is 5.82 Å². The van der Waals surface area contributed by atoms with Crippen molar-refractivity contribution < 1.29 is 9.18 Å². The molecule has 0 bridgehead atoms. The fraction of sp³-hybridized carbons (Fsp3) is 0.407. The molecule has 2 aromatic carbocycles. The van der Waals surface area contributed by atoms with E-state index in [-0.39, 0.29) is 17.5 Å². The number of hydrogen-bond acceptors (Lipinski definition) is 4. The van der Waals surface area contributed by atoms with Crippen molar-refractivity contribution in [2.45, 2.75) is 37.5 Å². The molecule has 0 saturated carbocycles. The van der Waals surface area contributed by atoms with Gasteiger partial charge in [-0.1, -0.05) is 17.7 Å². The van der Waals surface area contributed by atoms with Crippen LogP contribution in [0, 0.1) is 12.4 Å². The molecule has 1 aliphatic heterocycles. The Balaban J connectivity index is 1.08. The van der Waals surface area contributed by atoms with Crippen molar-refractivity contribution in [3.05, 3.63) is 82.5 Å². The quantitative estimate of drug-likeness (QED) is 0.544. The smallest absolute Gasteiger partial charge is 0.230 e. The lowest BCUT2D eigenvalue weighted by atomic mass is 9.98. The molecule has 2 aliphatic carbocycles. The third-order valence-electron chi connectivity index (χ3n) is 7.91. The number of halogens is 1. The standard InChI is InChI=1S/C27H27FN6O/c1-29-26-23-5-3-19(22(23)8-9-25(26)28)15-32-10-12-33(13-11-32)27(35)24-6-2-18-14-20(4-7-21(18)24)34-17-30-16-31-34/h4,7-9,14,16-17,19,24H,2-3,5-6,10-13,15H2. The number of amides is 1. The van der Waals surface area contributed by atoms with Gasteiger partial charge in [0.1, 0.15) is 18.5 Å². The van der Waals surface area contributed by atoms with Crippen molar-refractivity contribution in [3.8, 4) is 5.69 Å². The summed E-state index contributed by atoms with van der Waals surface area (Å²) < 4.78 is 15.7.